The predicted octanol–water partition coefficient (Wildman–Crippen LogP) is -0.234. The predicted molar refractivity (Wildman–Crippen MR) is 37.4 cm³/mol. The summed E-state index contributed by atoms with van der Waals surface area (Å²) in [6.07, 6.45) is 3.06. The molecule has 3 nitrogen and oxygen atoms in total. The Balaban J connectivity index is 2.82. The van der Waals surface area contributed by atoms with Crippen molar-refractivity contribution >= 4 is 5.78 Å². The Morgan fingerprint density at radius 1 is 1.80 bits per heavy atom. The number of hydrogen-bond acceptors (Lipinski definition) is 3. The SMILES string of the molecule is CN1C=CC(=O)[C@@](C)(O)C1. The highest BCUT2D eigenvalue weighted by Crippen LogP contribution is 2.12. The van der Waals surface area contributed by atoms with Crippen molar-refractivity contribution in [3.8, 4) is 0 Å². The zero-order chi connectivity index (χ0) is 7.78. The average Bonchev–Trinajstić information content (AvgIpc) is 1.78. The first kappa shape index (κ1) is 7.28. The van der Waals surface area contributed by atoms with Crippen molar-refractivity contribution in [1.29, 1.82) is 0 Å². The van der Waals surface area contributed by atoms with Gasteiger partial charge in [0, 0.05) is 19.3 Å². The van der Waals surface area contributed by atoms with Gasteiger partial charge in [-0.15, -0.1) is 0 Å². The summed E-state index contributed by atoms with van der Waals surface area (Å²) >= 11 is 0. The molecule has 1 heterocycles. The Hall–Kier alpha value is -0.830. The summed E-state index contributed by atoms with van der Waals surface area (Å²) in [5.41, 5.74) is -1.19. The van der Waals surface area contributed by atoms with E-state index in [1.165, 1.54) is 13.0 Å². The van der Waals surface area contributed by atoms with E-state index in [4.69, 9.17) is 0 Å². The van der Waals surface area contributed by atoms with Crippen LogP contribution in [-0.2, 0) is 4.79 Å². The van der Waals surface area contributed by atoms with Gasteiger partial charge in [0.15, 0.2) is 5.78 Å². The number of carbonyl (C=O) groups excluding carboxylic acids is 1. The van der Waals surface area contributed by atoms with Crippen LogP contribution in [0.3, 0.4) is 0 Å². The fourth-order valence-corrected chi connectivity index (χ4v) is 0.991. The summed E-state index contributed by atoms with van der Waals surface area (Å²) in [6.45, 7) is 1.90. The Kier molecular flexibility index (Phi) is 1.52. The van der Waals surface area contributed by atoms with E-state index in [1.807, 2.05) is 7.05 Å². The molecule has 0 amide bonds. The van der Waals surface area contributed by atoms with Gasteiger partial charge in [0.05, 0.1) is 6.54 Å². The molecule has 1 rings (SSSR count). The molecular weight excluding hydrogens is 130 g/mol. The molecule has 56 valence electrons. The van der Waals surface area contributed by atoms with E-state index in [0.717, 1.165) is 0 Å². The van der Waals surface area contributed by atoms with E-state index in [9.17, 15) is 9.90 Å². The van der Waals surface area contributed by atoms with Gasteiger partial charge in [0.2, 0.25) is 0 Å². The highest BCUT2D eigenvalue weighted by atomic mass is 16.3. The fourth-order valence-electron chi connectivity index (χ4n) is 0.991. The quantitative estimate of drug-likeness (QED) is 0.506. The van der Waals surface area contributed by atoms with Crippen molar-refractivity contribution < 1.29 is 9.90 Å². The zero-order valence-corrected chi connectivity index (χ0v) is 6.16. The molecule has 1 aliphatic heterocycles. The van der Waals surface area contributed by atoms with E-state index < -0.39 is 5.60 Å². The van der Waals surface area contributed by atoms with Crippen molar-refractivity contribution in [1.82, 2.24) is 4.90 Å². The number of likely N-dealkylation sites (N-methyl/N-ethyl adjacent to an activating group) is 1. The third-order valence-corrected chi connectivity index (χ3v) is 1.57. The molecule has 1 aliphatic rings. The van der Waals surface area contributed by atoms with E-state index in [-0.39, 0.29) is 5.78 Å². The van der Waals surface area contributed by atoms with Gasteiger partial charge in [-0.1, -0.05) is 0 Å². The molecule has 10 heavy (non-hydrogen) atoms. The number of ketones is 1. The van der Waals surface area contributed by atoms with Crippen LogP contribution in [0.1, 0.15) is 6.92 Å². The van der Waals surface area contributed by atoms with E-state index in [0.29, 0.717) is 6.54 Å². The number of β-amino-alcohol motifs (C(OH)–C–C–N with tert-alkyl or cyclic N) is 1. The summed E-state index contributed by atoms with van der Waals surface area (Å²) in [6, 6.07) is 0. The van der Waals surface area contributed by atoms with Crippen LogP contribution in [0.4, 0.5) is 0 Å². The lowest BCUT2D eigenvalue weighted by molar-refractivity contribution is -0.132. The molecule has 0 spiro atoms. The maximum atomic E-state index is 10.9. The third kappa shape index (κ3) is 1.19. The number of aliphatic hydroxyl groups is 1. The first-order valence-electron chi connectivity index (χ1n) is 3.17. The maximum Gasteiger partial charge on any atom is 0.190 e. The largest absolute Gasteiger partial charge is 0.380 e. The number of hydrogen-bond donors (Lipinski definition) is 1. The Bertz CT molecular complexity index is 184. The highest BCUT2D eigenvalue weighted by molar-refractivity contribution is 5.97. The second-order valence-electron chi connectivity index (χ2n) is 2.87. The van der Waals surface area contributed by atoms with Crippen LogP contribution in [0, 0.1) is 0 Å². The Morgan fingerprint density at radius 3 is 2.80 bits per heavy atom. The molecule has 1 atom stereocenters. The Labute approximate surface area is 59.9 Å². The minimum atomic E-state index is -1.19. The van der Waals surface area contributed by atoms with Gasteiger partial charge in [-0.25, -0.2) is 0 Å². The first-order chi connectivity index (χ1) is 4.52. The summed E-state index contributed by atoms with van der Waals surface area (Å²) in [4.78, 5) is 12.7. The minimum absolute atomic E-state index is 0.217. The van der Waals surface area contributed by atoms with Crippen LogP contribution in [0.5, 0.6) is 0 Å². The molecule has 0 saturated carbocycles. The van der Waals surface area contributed by atoms with E-state index in [1.54, 1.807) is 11.1 Å². The molecule has 0 bridgehead atoms. The molecule has 0 aromatic rings. The van der Waals surface area contributed by atoms with Gasteiger partial charge in [-0.2, -0.15) is 0 Å². The van der Waals surface area contributed by atoms with Crippen molar-refractivity contribution in [2.24, 2.45) is 0 Å². The average molecular weight is 141 g/mol. The normalized spacial score (nSPS) is 33.1. The van der Waals surface area contributed by atoms with Crippen LogP contribution in [0.25, 0.3) is 0 Å². The smallest absolute Gasteiger partial charge is 0.190 e. The maximum absolute atomic E-state index is 10.9. The molecule has 0 unspecified atom stereocenters. The van der Waals surface area contributed by atoms with Crippen molar-refractivity contribution in [3.63, 3.8) is 0 Å². The van der Waals surface area contributed by atoms with Crippen LogP contribution in [-0.4, -0.2) is 35.0 Å². The van der Waals surface area contributed by atoms with E-state index in [2.05, 4.69) is 0 Å². The summed E-state index contributed by atoms with van der Waals surface area (Å²) in [7, 11) is 1.82. The first-order valence-corrected chi connectivity index (χ1v) is 3.17. The monoisotopic (exact) mass is 141 g/mol. The highest BCUT2D eigenvalue weighted by Gasteiger charge is 2.31. The summed E-state index contributed by atoms with van der Waals surface area (Å²) < 4.78 is 0. The molecule has 0 radical (unpaired) electrons. The lowest BCUT2D eigenvalue weighted by Gasteiger charge is -2.29. The van der Waals surface area contributed by atoms with Crippen LogP contribution in [0.2, 0.25) is 0 Å². The fraction of sp³-hybridized carbons (Fsp3) is 0.571. The molecule has 0 saturated heterocycles. The van der Waals surface area contributed by atoms with Gasteiger partial charge in [0.1, 0.15) is 5.60 Å². The molecule has 0 aromatic heterocycles. The van der Waals surface area contributed by atoms with Crippen molar-refractivity contribution in [2.75, 3.05) is 13.6 Å². The van der Waals surface area contributed by atoms with Crippen LogP contribution >= 0.6 is 0 Å². The minimum Gasteiger partial charge on any atom is -0.380 e. The number of rotatable bonds is 0. The molecule has 0 fully saturated rings. The van der Waals surface area contributed by atoms with Gasteiger partial charge in [-0.3, -0.25) is 4.79 Å². The molecule has 3 heteroatoms. The molecule has 1 N–H and O–H groups in total. The van der Waals surface area contributed by atoms with Crippen molar-refractivity contribution in [3.05, 3.63) is 12.3 Å². The van der Waals surface area contributed by atoms with Gasteiger partial charge in [-0.05, 0) is 6.92 Å². The molecule has 0 aromatic carbocycles. The van der Waals surface area contributed by atoms with Crippen molar-refractivity contribution in [2.45, 2.75) is 12.5 Å². The molecule has 0 aliphatic carbocycles. The van der Waals surface area contributed by atoms with Gasteiger partial charge >= 0.3 is 0 Å². The topological polar surface area (TPSA) is 40.5 Å². The lowest BCUT2D eigenvalue weighted by Crippen LogP contribution is -2.46. The second-order valence-corrected chi connectivity index (χ2v) is 2.87. The number of carbonyl (C=O) groups is 1. The number of nitrogens with zero attached hydrogens (tertiary/aromatic N) is 1. The standard InChI is InChI=1S/C7H11NO2/c1-7(10)5-8(2)4-3-6(7)9/h3-4,10H,5H2,1-2H3/t7-/m0/s1. The summed E-state index contributed by atoms with van der Waals surface area (Å²) in [5, 5.41) is 9.37. The van der Waals surface area contributed by atoms with E-state index >= 15 is 0 Å². The Morgan fingerprint density at radius 2 is 2.40 bits per heavy atom. The van der Waals surface area contributed by atoms with Crippen LogP contribution in [0.15, 0.2) is 12.3 Å². The van der Waals surface area contributed by atoms with Gasteiger partial charge < -0.3 is 10.0 Å². The summed E-state index contributed by atoms with van der Waals surface area (Å²) in [5.74, 6) is -0.217. The zero-order valence-electron chi connectivity index (χ0n) is 6.16. The third-order valence-electron chi connectivity index (χ3n) is 1.57. The van der Waals surface area contributed by atoms with Crippen LogP contribution < -0.4 is 0 Å². The molecular formula is C7H11NO2. The van der Waals surface area contributed by atoms with Gasteiger partial charge in [0.25, 0.3) is 0 Å². The lowest BCUT2D eigenvalue weighted by atomic mass is 9.98. The second kappa shape index (κ2) is 2.09.